The molecule has 3 saturated heterocycles. The number of carbonyl (C=O) groups excluding carboxylic acids is 4. The molecule has 6 heterocycles. The van der Waals surface area contributed by atoms with Gasteiger partial charge in [-0.3, -0.25) is 58.9 Å². The maximum Gasteiger partial charge on any atom is 0.272 e. The van der Waals surface area contributed by atoms with Crippen LogP contribution in [0, 0.1) is 50.0 Å². The van der Waals surface area contributed by atoms with Gasteiger partial charge in [0, 0.05) is 170 Å². The number of nitro groups is 1. The van der Waals surface area contributed by atoms with E-state index in [0.717, 1.165) is 130 Å². The second-order valence-corrected chi connectivity index (χ2v) is 30.7. The zero-order valence-electron chi connectivity index (χ0n) is 68.7. The molecule has 3 aromatic heterocycles. The van der Waals surface area contributed by atoms with Gasteiger partial charge in [-0.15, -0.1) is 0 Å². The predicted molar refractivity (Wildman–Crippen MR) is 459 cm³/mol. The molecular formula is C92H94ClF5N10O18. The van der Waals surface area contributed by atoms with Crippen LogP contribution in [0.2, 0.25) is 0 Å². The summed E-state index contributed by atoms with van der Waals surface area (Å²) in [5.74, 6) is -1.53. The first-order chi connectivity index (χ1) is 61.1. The third-order valence-electron chi connectivity index (χ3n) is 21.7. The fourth-order valence-corrected chi connectivity index (χ4v) is 14.5. The average Bonchev–Trinajstić information content (AvgIpc) is 1.61. The van der Waals surface area contributed by atoms with Crippen molar-refractivity contribution in [3.63, 3.8) is 0 Å². The largest absolute Gasteiger partial charge is 0.493 e. The van der Waals surface area contributed by atoms with Gasteiger partial charge >= 0.3 is 0 Å². The first-order valence-electron chi connectivity index (χ1n) is 41.1. The van der Waals surface area contributed by atoms with E-state index in [1.807, 2.05) is 0 Å². The standard InChI is InChI=1S/C35H35F2N3O6.C23H24FN3O6.C23H26FN3O4.C11H9ClFNO2/c36-25-4-2-23(3-5-25)18-33(42)35(9-10-35)34(43)39-26-6-7-31(28(37)20-26)46-30-8-11-38-29-21-32(24(22-41)19-27(29)30)45-15-1-12-40-13-16-44-17-14-40;24-19-13-17(27(29)30)2-3-22(19)33-21-4-5-25-20-14-23(16(15-28)12-18(20)21)32-9-1-6-26-7-10-31-11-8-26;24-19-13-17(25)2-3-22(19)31-21-4-5-26-20-14-23(16(15-28)12-18(20)21)30-9-1-6-27-7-10-29-11-8-27;12-9(15)11(5-6-11)10(16)14-8-3-1-7(13)2-4-8/h2-8,11,19-21,41H,1,9-10,12-18,22H2,(H,39,43);2-5,12-14,28H,1,6-11,15H2;2-5,12-14,28H,1,6-11,15,25H2;1-4H,5-6H2,(H,14,16). The number of aliphatic hydroxyl groups is 3. The minimum atomic E-state index is -1.17. The summed E-state index contributed by atoms with van der Waals surface area (Å²) in [5.41, 5.74) is 8.06. The molecule has 126 heavy (non-hydrogen) atoms. The Morgan fingerprint density at radius 2 is 0.817 bits per heavy atom. The first kappa shape index (κ1) is 91.5. The number of amides is 2. The van der Waals surface area contributed by atoms with E-state index >= 15 is 4.39 Å². The van der Waals surface area contributed by atoms with Gasteiger partial charge < -0.3 is 74.3 Å². The molecule has 28 nitrogen and oxygen atoms in total. The second-order valence-electron chi connectivity index (χ2n) is 30.4. The van der Waals surface area contributed by atoms with Gasteiger partial charge in [-0.1, -0.05) is 12.1 Å². The maximum absolute atomic E-state index is 15.2. The molecule has 0 radical (unpaired) electrons. The van der Waals surface area contributed by atoms with Gasteiger partial charge in [0.25, 0.3) is 5.69 Å². The number of nitrogens with zero attached hydrogens (tertiary/aromatic N) is 7. The molecular weight excluding hydrogens is 1660 g/mol. The third-order valence-corrected chi connectivity index (χ3v) is 22.1. The molecule has 34 heteroatoms. The molecule has 5 fully saturated rings. The van der Waals surface area contributed by atoms with Crippen LogP contribution in [0.3, 0.4) is 0 Å². The van der Waals surface area contributed by atoms with Crippen LogP contribution in [0.25, 0.3) is 32.7 Å². The molecule has 0 spiro atoms. The maximum atomic E-state index is 15.2. The number of fused-ring (bicyclic) bond motifs is 3. The van der Waals surface area contributed by atoms with Gasteiger partial charge in [-0.25, -0.2) is 22.0 Å². The smallest absolute Gasteiger partial charge is 0.272 e. The molecule has 16 rings (SSSR count). The Balaban J connectivity index is 0.000000152. The summed E-state index contributed by atoms with van der Waals surface area (Å²) in [5, 5.41) is 46.9. The molecule has 662 valence electrons. The number of rotatable bonds is 33. The lowest BCUT2D eigenvalue weighted by Crippen LogP contribution is -2.37. The van der Waals surface area contributed by atoms with E-state index in [-0.39, 0.29) is 66.5 Å². The van der Waals surface area contributed by atoms with Crippen molar-refractivity contribution in [2.75, 3.05) is 135 Å². The number of ether oxygens (including phenoxy) is 9. The lowest BCUT2D eigenvalue weighted by molar-refractivity contribution is -0.385. The number of ketones is 1. The van der Waals surface area contributed by atoms with Gasteiger partial charge in [-0.2, -0.15) is 0 Å². The van der Waals surface area contributed by atoms with Crippen molar-refractivity contribution in [2.45, 2.75) is 71.2 Å². The molecule has 5 aliphatic rings. The highest BCUT2D eigenvalue weighted by atomic mass is 35.5. The van der Waals surface area contributed by atoms with Gasteiger partial charge in [0.05, 0.1) is 107 Å². The SMILES string of the molecule is Nc1ccc(Oc2ccnc3cc(OCCCN4CCOCC4)c(CO)cc23)c(F)c1.O=C(Cc1ccc(F)cc1)C1(C(=O)Nc2ccc(Oc3ccnc4cc(OCCCN5CCOCC5)c(CO)cc34)c(F)c2)CC1.O=C(Cl)C1(C(=O)Nc2ccc(F)cc2)CC1.O=[N+]([O-])c1ccc(Oc2ccnc3cc(OCCCN4CCOCC4)c(CO)cc23)c(F)c1. The number of nitrogens with one attached hydrogen (secondary N) is 2. The highest BCUT2D eigenvalue weighted by Crippen LogP contribution is 2.50. The van der Waals surface area contributed by atoms with Crippen molar-refractivity contribution < 1.29 is 104 Å². The summed E-state index contributed by atoms with van der Waals surface area (Å²) in [6.07, 6.45) is 8.93. The van der Waals surface area contributed by atoms with Crippen molar-refractivity contribution in [1.82, 2.24) is 29.7 Å². The number of benzene rings is 8. The van der Waals surface area contributed by atoms with E-state index in [1.165, 1.54) is 91.1 Å². The summed E-state index contributed by atoms with van der Waals surface area (Å²) < 4.78 is 121. The van der Waals surface area contributed by atoms with E-state index in [9.17, 15) is 62.2 Å². The number of halogens is 6. The van der Waals surface area contributed by atoms with Crippen LogP contribution in [0.4, 0.5) is 44.7 Å². The van der Waals surface area contributed by atoms with Gasteiger partial charge in [0.1, 0.15) is 57.0 Å². The Morgan fingerprint density at radius 1 is 0.452 bits per heavy atom. The number of hydrogen-bond donors (Lipinski definition) is 6. The van der Waals surface area contributed by atoms with Crippen molar-refractivity contribution >= 4 is 89.9 Å². The fraction of sp³-hybridized carbons (Fsp3) is 0.337. The summed E-state index contributed by atoms with van der Waals surface area (Å²) >= 11 is 5.36. The fourth-order valence-electron chi connectivity index (χ4n) is 14.2. The number of non-ortho nitro benzene ring substituents is 1. The lowest BCUT2D eigenvalue weighted by atomic mass is 9.94. The topological polar surface area (TPSA) is 354 Å². The number of nitrogen functional groups attached to an aromatic ring is 1. The van der Waals surface area contributed by atoms with Crippen LogP contribution < -0.4 is 44.8 Å². The summed E-state index contributed by atoms with van der Waals surface area (Å²) in [6.45, 7) is 13.6. The van der Waals surface area contributed by atoms with Crippen LogP contribution in [0.1, 0.15) is 67.2 Å². The van der Waals surface area contributed by atoms with Crippen LogP contribution >= 0.6 is 11.6 Å². The number of Topliss-reactive ketones (excluding diaryl/α,β-unsaturated/α-hetero) is 1. The molecule has 7 N–H and O–H groups in total. The number of aromatic nitrogens is 3. The highest BCUT2D eigenvalue weighted by Gasteiger charge is 2.56. The Kier molecular flexibility index (Phi) is 31.7. The normalized spacial score (nSPS) is 15.2. The number of anilines is 3. The Labute approximate surface area is 726 Å². The number of hydrogen-bond acceptors (Lipinski definition) is 25. The van der Waals surface area contributed by atoms with Crippen LogP contribution in [-0.2, 0) is 59.6 Å². The molecule has 11 aromatic rings. The Morgan fingerprint density at radius 3 is 1.19 bits per heavy atom. The van der Waals surface area contributed by atoms with Crippen molar-refractivity contribution in [2.24, 2.45) is 10.8 Å². The molecule has 3 aliphatic heterocycles. The predicted octanol–water partition coefficient (Wildman–Crippen LogP) is 14.7. The molecule has 0 bridgehead atoms. The first-order valence-corrected chi connectivity index (χ1v) is 41.5. The number of morpholine rings is 3. The Bertz CT molecular complexity index is 5650. The number of nitro benzene ring substituents is 1. The van der Waals surface area contributed by atoms with Crippen molar-refractivity contribution in [3.05, 3.63) is 238 Å². The van der Waals surface area contributed by atoms with Gasteiger partial charge in [0.15, 0.2) is 40.5 Å². The minimum absolute atomic E-state index is 0.00920. The summed E-state index contributed by atoms with van der Waals surface area (Å²) in [6, 6.07) is 37.6. The average molecular weight is 1760 g/mol. The second kappa shape index (κ2) is 43.6. The van der Waals surface area contributed by atoms with Crippen LogP contribution in [0.5, 0.6) is 51.7 Å². The number of carbonyl (C=O) groups is 4. The van der Waals surface area contributed by atoms with E-state index in [1.54, 1.807) is 73.1 Å². The molecule has 2 aliphatic carbocycles. The number of nitrogens with two attached hydrogens (primary N) is 1. The quantitative estimate of drug-likeness (QED) is 0.00423. The monoisotopic (exact) mass is 1760 g/mol. The third kappa shape index (κ3) is 24.3. The van der Waals surface area contributed by atoms with E-state index in [2.05, 4.69) is 40.3 Å². The van der Waals surface area contributed by atoms with E-state index in [4.69, 9.17) is 60.0 Å². The lowest BCUT2D eigenvalue weighted by Gasteiger charge is -2.26. The number of pyridine rings is 3. The molecule has 0 atom stereocenters. The van der Waals surface area contributed by atoms with E-state index in [0.29, 0.717) is 146 Å². The molecule has 8 aromatic carbocycles. The van der Waals surface area contributed by atoms with Crippen molar-refractivity contribution in [3.8, 4) is 51.7 Å². The van der Waals surface area contributed by atoms with Crippen LogP contribution in [-0.4, -0.2) is 191 Å². The number of aliphatic hydroxyl groups excluding tert-OH is 3. The zero-order valence-corrected chi connectivity index (χ0v) is 69.4. The molecule has 2 saturated carbocycles. The summed E-state index contributed by atoms with van der Waals surface area (Å²) in [7, 11) is 0. The van der Waals surface area contributed by atoms with Gasteiger partial charge in [0.2, 0.25) is 17.1 Å². The van der Waals surface area contributed by atoms with Gasteiger partial charge in [-0.05, 0) is 165 Å². The molecule has 0 unspecified atom stereocenters. The Hall–Kier alpha value is -12.2. The zero-order chi connectivity index (χ0) is 88.7. The molecule has 2 amide bonds. The van der Waals surface area contributed by atoms with E-state index < -0.39 is 56.1 Å². The highest BCUT2D eigenvalue weighted by molar-refractivity contribution is 6.67. The minimum Gasteiger partial charge on any atom is -0.493 e. The van der Waals surface area contributed by atoms with Crippen molar-refractivity contribution in [1.29, 1.82) is 0 Å². The summed E-state index contributed by atoms with van der Waals surface area (Å²) in [4.78, 5) is 79.1. The van der Waals surface area contributed by atoms with Crippen LogP contribution in [0.15, 0.2) is 176 Å².